The van der Waals surface area contributed by atoms with Gasteiger partial charge >= 0.3 is 0 Å². The fourth-order valence-corrected chi connectivity index (χ4v) is 3.14. The summed E-state index contributed by atoms with van der Waals surface area (Å²) < 4.78 is 0. The summed E-state index contributed by atoms with van der Waals surface area (Å²) in [6.07, 6.45) is 3.91. The van der Waals surface area contributed by atoms with Gasteiger partial charge in [-0.25, -0.2) is 0 Å². The number of benzene rings is 2. The first-order valence-electron chi connectivity index (χ1n) is 10.9. The van der Waals surface area contributed by atoms with Crippen molar-refractivity contribution in [3.63, 3.8) is 0 Å². The van der Waals surface area contributed by atoms with E-state index < -0.39 is 0 Å². The first kappa shape index (κ1) is 22.3. The van der Waals surface area contributed by atoms with E-state index in [2.05, 4.69) is 79.8 Å². The van der Waals surface area contributed by atoms with Gasteiger partial charge in [-0.2, -0.15) is 0 Å². The van der Waals surface area contributed by atoms with Crippen LogP contribution < -0.4 is 21.3 Å². The van der Waals surface area contributed by atoms with Crippen LogP contribution in [0.2, 0.25) is 0 Å². The summed E-state index contributed by atoms with van der Waals surface area (Å²) >= 11 is 0. The minimum atomic E-state index is 0.791. The zero-order chi connectivity index (χ0) is 20.7. The maximum absolute atomic E-state index is 4.51. The molecular formula is C24H34N6. The molecule has 0 aliphatic carbocycles. The highest BCUT2D eigenvalue weighted by Crippen LogP contribution is 2.03. The minimum Gasteiger partial charge on any atom is -0.314 e. The molecule has 160 valence electrons. The van der Waals surface area contributed by atoms with Gasteiger partial charge in [0.25, 0.3) is 0 Å². The van der Waals surface area contributed by atoms with Crippen LogP contribution in [-0.4, -0.2) is 64.8 Å². The van der Waals surface area contributed by atoms with Crippen molar-refractivity contribution in [2.45, 2.75) is 13.1 Å². The maximum Gasteiger partial charge on any atom is 0.0514 e. The summed E-state index contributed by atoms with van der Waals surface area (Å²) in [6.45, 7) is 8.89. The quantitative estimate of drug-likeness (QED) is 0.536. The highest BCUT2D eigenvalue weighted by atomic mass is 15.0. The van der Waals surface area contributed by atoms with Crippen LogP contribution in [0.4, 0.5) is 0 Å². The number of nitrogens with zero attached hydrogens (tertiary/aromatic N) is 2. The van der Waals surface area contributed by atoms with Crippen LogP contribution >= 0.6 is 0 Å². The molecule has 6 nitrogen and oxygen atoms in total. The van der Waals surface area contributed by atoms with Gasteiger partial charge in [-0.15, -0.1) is 0 Å². The van der Waals surface area contributed by atoms with Gasteiger partial charge in [0.1, 0.15) is 0 Å². The summed E-state index contributed by atoms with van der Waals surface area (Å²) in [5.74, 6) is 0. The Morgan fingerprint density at radius 1 is 0.467 bits per heavy atom. The molecule has 0 radical (unpaired) electrons. The van der Waals surface area contributed by atoms with Gasteiger partial charge in [-0.05, 0) is 22.3 Å². The Bertz CT molecular complexity index is 700. The third-order valence-electron chi connectivity index (χ3n) is 4.89. The molecule has 4 aliphatic heterocycles. The lowest BCUT2D eigenvalue weighted by molar-refractivity contribution is 0.615. The molecule has 2 aromatic rings. The number of hydrogen-bond donors (Lipinski definition) is 4. The normalized spacial score (nSPS) is 20.0. The summed E-state index contributed by atoms with van der Waals surface area (Å²) in [5.41, 5.74) is 4.88. The van der Waals surface area contributed by atoms with Crippen LogP contribution in [0.1, 0.15) is 22.3 Å². The fraction of sp³-hybridized carbons (Fsp3) is 0.417. The van der Waals surface area contributed by atoms with Gasteiger partial charge in [0.05, 0.1) is 13.1 Å². The molecule has 6 heteroatoms. The number of rotatable bonds is 0. The predicted octanol–water partition coefficient (Wildman–Crippen LogP) is 1.60. The molecule has 0 saturated carbocycles. The van der Waals surface area contributed by atoms with Crippen molar-refractivity contribution in [3.8, 4) is 0 Å². The van der Waals surface area contributed by atoms with Crippen molar-refractivity contribution in [1.82, 2.24) is 21.3 Å². The highest BCUT2D eigenvalue weighted by molar-refractivity contribution is 5.80. The van der Waals surface area contributed by atoms with Gasteiger partial charge in [-0.1, -0.05) is 48.5 Å². The van der Waals surface area contributed by atoms with Gasteiger partial charge in [0.2, 0.25) is 0 Å². The van der Waals surface area contributed by atoms with Crippen molar-refractivity contribution in [2.24, 2.45) is 9.98 Å². The van der Waals surface area contributed by atoms with Crippen LogP contribution in [0.5, 0.6) is 0 Å². The van der Waals surface area contributed by atoms with Gasteiger partial charge in [-0.3, -0.25) is 9.98 Å². The second kappa shape index (κ2) is 13.8. The monoisotopic (exact) mass is 406 g/mol. The molecule has 0 saturated heterocycles. The molecule has 4 heterocycles. The third kappa shape index (κ3) is 8.97. The van der Waals surface area contributed by atoms with Crippen LogP contribution in [0.15, 0.2) is 58.5 Å². The molecule has 0 unspecified atom stereocenters. The van der Waals surface area contributed by atoms with E-state index >= 15 is 0 Å². The zero-order valence-electron chi connectivity index (χ0n) is 17.7. The van der Waals surface area contributed by atoms with Crippen molar-refractivity contribution in [2.75, 3.05) is 52.4 Å². The second-order valence-electron chi connectivity index (χ2n) is 7.41. The molecule has 4 aliphatic rings. The SMILES string of the molecule is C1=N/CCNCCNCc2ccc(cc2)/C=N/CCNCCNCc2ccc/1cc2. The average Bonchev–Trinajstić information content (AvgIpc) is 2.78. The molecule has 0 atom stereocenters. The van der Waals surface area contributed by atoms with Crippen LogP contribution in [0.3, 0.4) is 0 Å². The fourth-order valence-electron chi connectivity index (χ4n) is 3.14. The van der Waals surface area contributed by atoms with Crippen LogP contribution in [-0.2, 0) is 13.1 Å². The number of nitrogens with one attached hydrogen (secondary N) is 4. The van der Waals surface area contributed by atoms with E-state index in [1.807, 2.05) is 12.4 Å². The first-order valence-corrected chi connectivity index (χ1v) is 10.9. The molecule has 30 heavy (non-hydrogen) atoms. The van der Waals surface area contributed by atoms with Crippen LogP contribution in [0, 0.1) is 0 Å². The Labute approximate surface area is 180 Å². The Morgan fingerprint density at radius 2 is 0.867 bits per heavy atom. The molecule has 0 spiro atoms. The van der Waals surface area contributed by atoms with E-state index in [1.54, 1.807) is 0 Å². The van der Waals surface area contributed by atoms with E-state index in [4.69, 9.17) is 0 Å². The molecule has 4 N–H and O–H groups in total. The van der Waals surface area contributed by atoms with Crippen molar-refractivity contribution in [1.29, 1.82) is 0 Å². The van der Waals surface area contributed by atoms with Gasteiger partial charge in [0.15, 0.2) is 0 Å². The van der Waals surface area contributed by atoms with Crippen molar-refractivity contribution >= 4 is 12.4 Å². The predicted molar refractivity (Wildman–Crippen MR) is 127 cm³/mol. The highest BCUT2D eigenvalue weighted by Gasteiger charge is 1.96. The van der Waals surface area contributed by atoms with Crippen LogP contribution in [0.25, 0.3) is 0 Å². The van der Waals surface area contributed by atoms with Gasteiger partial charge < -0.3 is 21.3 Å². The summed E-state index contributed by atoms with van der Waals surface area (Å²) in [5, 5.41) is 13.8. The molecular weight excluding hydrogens is 372 g/mol. The lowest BCUT2D eigenvalue weighted by atomic mass is 10.1. The first-order chi connectivity index (χ1) is 14.9. The van der Waals surface area contributed by atoms with E-state index in [0.29, 0.717) is 0 Å². The number of aliphatic imine (C=N–C) groups is 2. The molecule has 2 aromatic carbocycles. The molecule has 6 rings (SSSR count). The second-order valence-corrected chi connectivity index (χ2v) is 7.41. The summed E-state index contributed by atoms with van der Waals surface area (Å²) in [7, 11) is 0. The van der Waals surface area contributed by atoms with Gasteiger partial charge in [0, 0.05) is 64.8 Å². The standard InChI is InChI=1S/C24H34N6/c1-2-22-4-3-21(1)17-27-13-9-25-11-15-29-19-23-5-7-24(8-6-23)20-30-16-12-26-10-14-28-18-22/h1-8,17,20,25-26,28-29H,9-16,18-19H2/b27-17+,30-20+. The molecule has 0 aromatic heterocycles. The van der Waals surface area contributed by atoms with E-state index in [1.165, 1.54) is 11.1 Å². The van der Waals surface area contributed by atoms with E-state index in [9.17, 15) is 0 Å². The summed E-state index contributed by atoms with van der Waals surface area (Å²) in [6, 6.07) is 17.2. The minimum absolute atomic E-state index is 0.791. The zero-order valence-corrected chi connectivity index (χ0v) is 17.7. The lowest BCUT2D eigenvalue weighted by Crippen LogP contribution is -2.28. The lowest BCUT2D eigenvalue weighted by Gasteiger charge is -2.07. The Kier molecular flexibility index (Phi) is 10.2. The smallest absolute Gasteiger partial charge is 0.0514 e. The van der Waals surface area contributed by atoms with E-state index in [-0.39, 0.29) is 0 Å². The van der Waals surface area contributed by atoms with E-state index in [0.717, 1.165) is 76.6 Å². The third-order valence-corrected chi connectivity index (χ3v) is 4.89. The molecule has 0 amide bonds. The van der Waals surface area contributed by atoms with Crippen molar-refractivity contribution in [3.05, 3.63) is 70.8 Å². The average molecular weight is 407 g/mol. The van der Waals surface area contributed by atoms with Crippen molar-refractivity contribution < 1.29 is 0 Å². The Hall–Kier alpha value is -2.38. The Balaban J connectivity index is 1.48. The topological polar surface area (TPSA) is 72.8 Å². The Morgan fingerprint density at radius 3 is 1.30 bits per heavy atom. The molecule has 4 bridgehead atoms. The summed E-state index contributed by atoms with van der Waals surface area (Å²) in [4.78, 5) is 9.02. The molecule has 0 fully saturated rings. The number of hydrogen-bond acceptors (Lipinski definition) is 6. The maximum atomic E-state index is 4.51. The largest absolute Gasteiger partial charge is 0.314 e.